The number of aryl methyl sites for hydroxylation is 1. The van der Waals surface area contributed by atoms with Crippen molar-refractivity contribution in [1.82, 2.24) is 14.8 Å². The predicted molar refractivity (Wildman–Crippen MR) is 147 cm³/mol. The number of benzene rings is 3. The van der Waals surface area contributed by atoms with Gasteiger partial charge in [0, 0.05) is 26.0 Å². The first-order valence-electron chi connectivity index (χ1n) is 11.2. The molecule has 180 valence electrons. The molecule has 5 nitrogen and oxygen atoms in total. The number of pyridine rings is 1. The first-order valence-corrected chi connectivity index (χ1v) is 12.4. The second kappa shape index (κ2) is 9.94. The molecule has 0 aliphatic heterocycles. The molecule has 1 N–H and O–H groups in total. The van der Waals surface area contributed by atoms with E-state index in [0.29, 0.717) is 44.3 Å². The lowest BCUT2D eigenvalue weighted by atomic mass is 10.0. The number of fused-ring (bicyclic) bond motifs is 1. The molecule has 0 radical (unpaired) electrons. The number of nitrogens with zero attached hydrogens (tertiary/aromatic N) is 3. The molecule has 36 heavy (non-hydrogen) atoms. The Bertz CT molecular complexity index is 1630. The highest BCUT2D eigenvalue weighted by Gasteiger charge is 2.19. The maximum atomic E-state index is 13.6. The van der Waals surface area contributed by atoms with E-state index >= 15 is 0 Å². The summed E-state index contributed by atoms with van der Waals surface area (Å²) < 4.78 is 1.82. The lowest BCUT2D eigenvalue weighted by Crippen LogP contribution is -2.14. The van der Waals surface area contributed by atoms with E-state index in [0.717, 1.165) is 27.7 Å². The summed E-state index contributed by atoms with van der Waals surface area (Å²) in [6.07, 6.45) is 0. The van der Waals surface area contributed by atoms with Gasteiger partial charge >= 0.3 is 0 Å². The van der Waals surface area contributed by atoms with Crippen molar-refractivity contribution in [2.45, 2.75) is 20.4 Å². The summed E-state index contributed by atoms with van der Waals surface area (Å²) in [5, 5.41) is 10.2. The number of halogens is 3. The predicted octanol–water partition coefficient (Wildman–Crippen LogP) is 7.98. The SMILES string of the molecule is Cc1nn(Cc2ccc(Cl)cc2Cl)c(C)c1NC(=O)c1cc(-c2cccc(Cl)c2)nc2ccccc12. The Balaban J connectivity index is 1.51. The van der Waals surface area contributed by atoms with E-state index in [1.165, 1.54) is 0 Å². The number of hydrogen-bond acceptors (Lipinski definition) is 3. The molecule has 0 saturated heterocycles. The average Bonchev–Trinajstić information content (AvgIpc) is 3.12. The molecule has 0 aliphatic rings. The third kappa shape index (κ3) is 4.82. The fourth-order valence-electron chi connectivity index (χ4n) is 4.18. The number of amides is 1. The summed E-state index contributed by atoms with van der Waals surface area (Å²) in [4.78, 5) is 18.4. The number of carbonyl (C=O) groups is 1. The van der Waals surface area contributed by atoms with Gasteiger partial charge in [-0.3, -0.25) is 9.48 Å². The van der Waals surface area contributed by atoms with Crippen LogP contribution in [-0.4, -0.2) is 20.7 Å². The number of carbonyl (C=O) groups excluding carboxylic acids is 1. The summed E-state index contributed by atoms with van der Waals surface area (Å²) in [6.45, 7) is 4.24. The Kier molecular flexibility index (Phi) is 6.71. The van der Waals surface area contributed by atoms with Crippen molar-refractivity contribution < 1.29 is 4.79 Å². The summed E-state index contributed by atoms with van der Waals surface area (Å²) in [7, 11) is 0. The van der Waals surface area contributed by atoms with E-state index in [1.54, 1.807) is 24.3 Å². The second-order valence-corrected chi connectivity index (χ2v) is 9.76. The van der Waals surface area contributed by atoms with Crippen LogP contribution in [0.15, 0.2) is 72.8 Å². The van der Waals surface area contributed by atoms with Gasteiger partial charge in [-0.1, -0.05) is 71.2 Å². The quantitative estimate of drug-likeness (QED) is 0.248. The molecule has 2 heterocycles. The Morgan fingerprint density at radius 1 is 0.917 bits per heavy atom. The van der Waals surface area contributed by atoms with Crippen LogP contribution in [0.5, 0.6) is 0 Å². The van der Waals surface area contributed by atoms with E-state index in [1.807, 2.05) is 67.1 Å². The number of nitrogens with one attached hydrogen (secondary N) is 1. The zero-order chi connectivity index (χ0) is 25.4. The number of anilines is 1. The van der Waals surface area contributed by atoms with Crippen LogP contribution in [-0.2, 0) is 6.54 Å². The molecule has 0 unspecified atom stereocenters. The zero-order valence-corrected chi connectivity index (χ0v) is 21.8. The van der Waals surface area contributed by atoms with Gasteiger partial charge in [-0.05, 0) is 55.8 Å². The molecule has 0 spiro atoms. The van der Waals surface area contributed by atoms with E-state index < -0.39 is 0 Å². The van der Waals surface area contributed by atoms with Crippen molar-refractivity contribution >= 4 is 57.3 Å². The molecular weight excluding hydrogens is 515 g/mol. The van der Waals surface area contributed by atoms with Crippen LogP contribution >= 0.6 is 34.8 Å². The molecule has 0 fully saturated rings. The van der Waals surface area contributed by atoms with Crippen LogP contribution in [0.2, 0.25) is 15.1 Å². The number of hydrogen-bond donors (Lipinski definition) is 1. The molecular formula is C28H21Cl3N4O. The van der Waals surface area contributed by atoms with Gasteiger partial charge in [0.2, 0.25) is 0 Å². The van der Waals surface area contributed by atoms with Gasteiger partial charge in [-0.15, -0.1) is 0 Å². The normalized spacial score (nSPS) is 11.1. The summed E-state index contributed by atoms with van der Waals surface area (Å²) in [5.74, 6) is -0.243. The number of rotatable bonds is 5. The first kappa shape index (κ1) is 24.3. The summed E-state index contributed by atoms with van der Waals surface area (Å²) in [5.41, 5.74) is 5.82. The minimum atomic E-state index is -0.243. The van der Waals surface area contributed by atoms with Gasteiger partial charge in [-0.2, -0.15) is 5.10 Å². The molecule has 8 heteroatoms. The van der Waals surface area contributed by atoms with Crippen molar-refractivity contribution in [3.05, 3.63) is 110 Å². The van der Waals surface area contributed by atoms with E-state index in [9.17, 15) is 4.79 Å². The molecule has 5 rings (SSSR count). The van der Waals surface area contributed by atoms with Gasteiger partial charge in [0.1, 0.15) is 0 Å². The van der Waals surface area contributed by atoms with Gasteiger partial charge in [0.25, 0.3) is 5.91 Å². The molecule has 2 aromatic heterocycles. The topological polar surface area (TPSA) is 59.8 Å². The van der Waals surface area contributed by atoms with Gasteiger partial charge in [-0.25, -0.2) is 4.98 Å². The number of aromatic nitrogens is 3. The fraction of sp³-hybridized carbons (Fsp3) is 0.107. The van der Waals surface area contributed by atoms with E-state index in [2.05, 4.69) is 10.4 Å². The molecule has 0 aliphatic carbocycles. The molecule has 0 atom stereocenters. The van der Waals surface area contributed by atoms with Gasteiger partial charge in [0.15, 0.2) is 0 Å². The highest BCUT2D eigenvalue weighted by Crippen LogP contribution is 2.29. The lowest BCUT2D eigenvalue weighted by Gasteiger charge is -2.12. The molecule has 3 aromatic carbocycles. The Hall–Kier alpha value is -3.38. The van der Waals surface area contributed by atoms with Crippen molar-refractivity contribution in [2.24, 2.45) is 0 Å². The highest BCUT2D eigenvalue weighted by molar-refractivity contribution is 6.35. The van der Waals surface area contributed by atoms with Crippen molar-refractivity contribution in [3.8, 4) is 11.3 Å². The monoisotopic (exact) mass is 534 g/mol. The van der Waals surface area contributed by atoms with Crippen LogP contribution in [0.3, 0.4) is 0 Å². The Morgan fingerprint density at radius 3 is 2.47 bits per heavy atom. The van der Waals surface area contributed by atoms with E-state index in [-0.39, 0.29) is 5.91 Å². The standard InChI is InChI=1S/C28H21Cl3N4O/c1-16-27(17(2)35(34-16)15-19-10-11-21(30)13-24(19)31)33-28(36)23-14-26(18-6-5-7-20(29)12-18)32-25-9-4-3-8-22(23)25/h3-14H,15H2,1-2H3,(H,33,36). The Morgan fingerprint density at radius 2 is 1.69 bits per heavy atom. The average molecular weight is 536 g/mol. The maximum absolute atomic E-state index is 13.6. The van der Waals surface area contributed by atoms with Crippen LogP contribution in [0.1, 0.15) is 27.3 Å². The summed E-state index contributed by atoms with van der Waals surface area (Å²) in [6, 6.07) is 22.2. The third-order valence-electron chi connectivity index (χ3n) is 6.04. The smallest absolute Gasteiger partial charge is 0.256 e. The van der Waals surface area contributed by atoms with Crippen LogP contribution in [0.4, 0.5) is 5.69 Å². The number of para-hydroxylation sites is 1. The molecule has 5 aromatic rings. The van der Waals surface area contributed by atoms with Crippen LogP contribution in [0.25, 0.3) is 22.2 Å². The second-order valence-electron chi connectivity index (χ2n) is 8.48. The van der Waals surface area contributed by atoms with Crippen molar-refractivity contribution in [1.29, 1.82) is 0 Å². The maximum Gasteiger partial charge on any atom is 0.256 e. The van der Waals surface area contributed by atoms with Crippen molar-refractivity contribution in [2.75, 3.05) is 5.32 Å². The zero-order valence-electron chi connectivity index (χ0n) is 19.5. The minimum absolute atomic E-state index is 0.243. The van der Waals surface area contributed by atoms with Crippen LogP contribution in [0, 0.1) is 13.8 Å². The highest BCUT2D eigenvalue weighted by atomic mass is 35.5. The van der Waals surface area contributed by atoms with Crippen LogP contribution < -0.4 is 5.32 Å². The Labute approximate surface area is 223 Å². The fourth-order valence-corrected chi connectivity index (χ4v) is 4.84. The first-order chi connectivity index (χ1) is 17.3. The lowest BCUT2D eigenvalue weighted by molar-refractivity contribution is 0.102. The van der Waals surface area contributed by atoms with Crippen molar-refractivity contribution in [3.63, 3.8) is 0 Å². The minimum Gasteiger partial charge on any atom is -0.319 e. The van der Waals surface area contributed by atoms with Gasteiger partial charge in [0.05, 0.1) is 40.4 Å². The summed E-state index contributed by atoms with van der Waals surface area (Å²) >= 11 is 18.6. The third-order valence-corrected chi connectivity index (χ3v) is 6.86. The van der Waals surface area contributed by atoms with E-state index in [4.69, 9.17) is 39.8 Å². The molecule has 1 amide bonds. The molecule has 0 saturated carbocycles. The largest absolute Gasteiger partial charge is 0.319 e. The molecule has 0 bridgehead atoms. The van der Waals surface area contributed by atoms with Gasteiger partial charge < -0.3 is 5.32 Å².